The van der Waals surface area contributed by atoms with Gasteiger partial charge in [-0.1, -0.05) is 18.2 Å². The largest absolute Gasteiger partial charge is 0.508 e. The molecule has 0 spiro atoms. The second-order valence-electron chi connectivity index (χ2n) is 5.51. The lowest BCUT2D eigenvalue weighted by Gasteiger charge is -2.07. The molecule has 3 aromatic rings. The highest BCUT2D eigenvalue weighted by atomic mass is 16.3. The van der Waals surface area contributed by atoms with Crippen molar-refractivity contribution in [3.05, 3.63) is 71.4 Å². The van der Waals surface area contributed by atoms with Gasteiger partial charge in [-0.3, -0.25) is 9.78 Å². The number of nitrogens with one attached hydrogen (secondary N) is 1. The zero-order valence-electron chi connectivity index (χ0n) is 13.4. The number of aryl methyl sites for hydroxylation is 1. The van der Waals surface area contributed by atoms with Gasteiger partial charge in [-0.05, 0) is 55.8 Å². The summed E-state index contributed by atoms with van der Waals surface area (Å²) in [5.74, 6) is -0.0934. The fourth-order valence-corrected chi connectivity index (χ4v) is 2.46. The van der Waals surface area contributed by atoms with Crippen molar-refractivity contribution < 1.29 is 9.90 Å². The summed E-state index contributed by atoms with van der Waals surface area (Å²) in [5.41, 5.74) is 6.16. The van der Waals surface area contributed by atoms with Gasteiger partial charge in [0.25, 0.3) is 5.91 Å². The molecule has 2 N–H and O–H groups in total. The lowest BCUT2D eigenvalue weighted by atomic mass is 10.1. The number of benzene rings is 2. The summed E-state index contributed by atoms with van der Waals surface area (Å²) in [6, 6.07) is 15.9. The Morgan fingerprint density at radius 1 is 1.12 bits per heavy atom. The summed E-state index contributed by atoms with van der Waals surface area (Å²) in [6.45, 7) is 3.65. The first-order chi connectivity index (χ1) is 11.5. The normalized spacial score (nSPS) is 11.5. The third-order valence-corrected chi connectivity index (χ3v) is 3.70. The van der Waals surface area contributed by atoms with Gasteiger partial charge in [0.05, 0.1) is 16.8 Å². The third-order valence-electron chi connectivity index (χ3n) is 3.70. The first kappa shape index (κ1) is 15.7. The SMILES string of the molecule is CC(=NNC(=O)c1cc(C)nc2ccccc12)c1ccc(O)cc1. The average Bonchev–Trinajstić information content (AvgIpc) is 2.59. The number of hydrogen-bond donors (Lipinski definition) is 2. The number of pyridine rings is 1. The molecule has 2 aromatic carbocycles. The molecule has 0 aliphatic carbocycles. The second kappa shape index (κ2) is 6.50. The van der Waals surface area contributed by atoms with E-state index < -0.39 is 0 Å². The van der Waals surface area contributed by atoms with E-state index in [1.807, 2.05) is 31.2 Å². The van der Waals surface area contributed by atoms with Gasteiger partial charge in [0.15, 0.2) is 0 Å². The molecule has 0 fully saturated rings. The van der Waals surface area contributed by atoms with Gasteiger partial charge >= 0.3 is 0 Å². The number of phenolic OH excluding ortho intramolecular Hbond substituents is 1. The molecule has 120 valence electrons. The third kappa shape index (κ3) is 3.25. The van der Waals surface area contributed by atoms with Crippen molar-refractivity contribution in [2.45, 2.75) is 13.8 Å². The van der Waals surface area contributed by atoms with E-state index in [4.69, 9.17) is 0 Å². The minimum absolute atomic E-state index is 0.189. The number of aromatic nitrogens is 1. The van der Waals surface area contributed by atoms with Crippen LogP contribution in [0.15, 0.2) is 59.7 Å². The molecule has 0 unspecified atom stereocenters. The van der Waals surface area contributed by atoms with Crippen molar-refractivity contribution in [2.75, 3.05) is 0 Å². The van der Waals surface area contributed by atoms with E-state index in [1.54, 1.807) is 37.3 Å². The average molecular weight is 319 g/mol. The van der Waals surface area contributed by atoms with Gasteiger partial charge in [-0.25, -0.2) is 5.43 Å². The van der Waals surface area contributed by atoms with Crippen LogP contribution < -0.4 is 5.43 Å². The highest BCUT2D eigenvalue weighted by Crippen LogP contribution is 2.18. The smallest absolute Gasteiger partial charge is 0.272 e. The van der Waals surface area contributed by atoms with E-state index in [9.17, 15) is 9.90 Å². The molecular weight excluding hydrogens is 302 g/mol. The Labute approximate surface area is 139 Å². The van der Waals surface area contributed by atoms with Gasteiger partial charge in [0.2, 0.25) is 0 Å². The lowest BCUT2D eigenvalue weighted by Crippen LogP contribution is -2.20. The number of hydrogen-bond acceptors (Lipinski definition) is 4. The summed E-state index contributed by atoms with van der Waals surface area (Å²) >= 11 is 0. The van der Waals surface area contributed by atoms with Crippen LogP contribution in [-0.4, -0.2) is 21.7 Å². The highest BCUT2D eigenvalue weighted by Gasteiger charge is 2.11. The Bertz CT molecular complexity index is 931. The topological polar surface area (TPSA) is 74.6 Å². The molecule has 1 aromatic heterocycles. The van der Waals surface area contributed by atoms with Crippen LogP contribution in [0, 0.1) is 6.92 Å². The maximum Gasteiger partial charge on any atom is 0.272 e. The predicted molar refractivity (Wildman–Crippen MR) is 94.3 cm³/mol. The molecular formula is C19H17N3O2. The lowest BCUT2D eigenvalue weighted by molar-refractivity contribution is 0.0956. The van der Waals surface area contributed by atoms with E-state index in [-0.39, 0.29) is 11.7 Å². The maximum atomic E-state index is 12.5. The van der Waals surface area contributed by atoms with E-state index in [0.29, 0.717) is 11.3 Å². The molecule has 0 atom stereocenters. The minimum Gasteiger partial charge on any atom is -0.508 e. The summed E-state index contributed by atoms with van der Waals surface area (Å²) in [5, 5.41) is 14.3. The molecule has 5 nitrogen and oxygen atoms in total. The van der Waals surface area contributed by atoms with E-state index >= 15 is 0 Å². The number of nitrogens with zero attached hydrogens (tertiary/aromatic N) is 2. The van der Waals surface area contributed by atoms with E-state index in [1.165, 1.54) is 0 Å². The number of aromatic hydroxyl groups is 1. The Hall–Kier alpha value is -3.21. The van der Waals surface area contributed by atoms with Crippen molar-refractivity contribution >= 4 is 22.5 Å². The molecule has 5 heteroatoms. The van der Waals surface area contributed by atoms with Gasteiger partial charge in [-0.15, -0.1) is 0 Å². The molecule has 0 aliphatic rings. The molecule has 0 saturated carbocycles. The zero-order valence-corrected chi connectivity index (χ0v) is 13.4. The summed E-state index contributed by atoms with van der Waals surface area (Å²) in [4.78, 5) is 16.9. The van der Waals surface area contributed by atoms with Crippen LogP contribution in [-0.2, 0) is 0 Å². The molecule has 1 amide bonds. The van der Waals surface area contributed by atoms with Crippen LogP contribution in [0.4, 0.5) is 0 Å². The fraction of sp³-hybridized carbons (Fsp3) is 0.105. The Morgan fingerprint density at radius 3 is 2.58 bits per heavy atom. The Balaban J connectivity index is 1.87. The fourth-order valence-electron chi connectivity index (χ4n) is 2.46. The predicted octanol–water partition coefficient (Wildman–Crippen LogP) is 3.40. The van der Waals surface area contributed by atoms with Gasteiger partial charge < -0.3 is 5.11 Å². The number of carbonyl (C=O) groups excluding carboxylic acids is 1. The second-order valence-corrected chi connectivity index (χ2v) is 5.51. The zero-order chi connectivity index (χ0) is 17.1. The van der Waals surface area contributed by atoms with Crippen molar-refractivity contribution in [1.29, 1.82) is 0 Å². The van der Waals surface area contributed by atoms with Gasteiger partial charge in [0, 0.05) is 11.1 Å². The van der Waals surface area contributed by atoms with Crippen molar-refractivity contribution in [2.24, 2.45) is 5.10 Å². The highest BCUT2D eigenvalue weighted by molar-refractivity contribution is 6.07. The molecule has 3 rings (SSSR count). The van der Waals surface area contributed by atoms with Crippen molar-refractivity contribution in [1.82, 2.24) is 10.4 Å². The quantitative estimate of drug-likeness (QED) is 0.574. The van der Waals surface area contributed by atoms with Crippen LogP contribution in [0.25, 0.3) is 10.9 Å². The summed E-state index contributed by atoms with van der Waals surface area (Å²) < 4.78 is 0. The van der Waals surface area contributed by atoms with Gasteiger partial charge in [-0.2, -0.15) is 5.10 Å². The molecule has 0 aliphatic heterocycles. The van der Waals surface area contributed by atoms with E-state index in [0.717, 1.165) is 22.2 Å². The van der Waals surface area contributed by atoms with Crippen molar-refractivity contribution in [3.63, 3.8) is 0 Å². The maximum absolute atomic E-state index is 12.5. The van der Waals surface area contributed by atoms with E-state index in [2.05, 4.69) is 15.5 Å². The summed E-state index contributed by atoms with van der Waals surface area (Å²) in [7, 11) is 0. The monoisotopic (exact) mass is 319 g/mol. The Kier molecular flexibility index (Phi) is 4.24. The van der Waals surface area contributed by atoms with Crippen molar-refractivity contribution in [3.8, 4) is 5.75 Å². The Morgan fingerprint density at radius 2 is 1.83 bits per heavy atom. The summed E-state index contributed by atoms with van der Waals surface area (Å²) in [6.07, 6.45) is 0. The minimum atomic E-state index is -0.283. The molecule has 24 heavy (non-hydrogen) atoms. The van der Waals surface area contributed by atoms with Crippen LogP contribution in [0.2, 0.25) is 0 Å². The number of phenols is 1. The number of hydrazone groups is 1. The standard InChI is InChI=1S/C19H17N3O2/c1-12-11-17(16-5-3-4-6-18(16)20-12)19(24)22-21-13(2)14-7-9-15(23)10-8-14/h3-11,23H,1-2H3,(H,22,24). The molecule has 0 bridgehead atoms. The molecule has 0 radical (unpaired) electrons. The van der Waals surface area contributed by atoms with Crippen LogP contribution >= 0.6 is 0 Å². The van der Waals surface area contributed by atoms with Crippen LogP contribution in [0.1, 0.15) is 28.5 Å². The van der Waals surface area contributed by atoms with Crippen LogP contribution in [0.5, 0.6) is 5.75 Å². The number of rotatable bonds is 3. The van der Waals surface area contributed by atoms with Crippen LogP contribution in [0.3, 0.4) is 0 Å². The molecule has 0 saturated heterocycles. The number of para-hydroxylation sites is 1. The number of carbonyl (C=O) groups is 1. The first-order valence-corrected chi connectivity index (χ1v) is 7.55. The molecule has 1 heterocycles. The first-order valence-electron chi connectivity index (χ1n) is 7.55. The number of amides is 1. The number of fused-ring (bicyclic) bond motifs is 1. The van der Waals surface area contributed by atoms with Gasteiger partial charge in [0.1, 0.15) is 5.75 Å².